The summed E-state index contributed by atoms with van der Waals surface area (Å²) >= 11 is 7.34. The smallest absolute Gasteiger partial charge is 0.224 e. The molecule has 0 aliphatic heterocycles. The van der Waals surface area contributed by atoms with Gasteiger partial charge in [-0.25, -0.2) is 4.98 Å². The maximum absolute atomic E-state index is 5.79. The number of methoxy groups -OCH3 is 1. The maximum Gasteiger partial charge on any atom is 0.224 e. The van der Waals surface area contributed by atoms with E-state index in [1.54, 1.807) is 18.4 Å². The second-order valence-electron chi connectivity index (χ2n) is 2.70. The molecule has 4 heteroatoms. The molecule has 0 radical (unpaired) electrons. The Kier molecular flexibility index (Phi) is 2.70. The molecular weight excluding hydrogens is 218 g/mol. The number of rotatable bonds is 2. The Bertz CT molecular complexity index is 424. The summed E-state index contributed by atoms with van der Waals surface area (Å²) in [6.07, 6.45) is 0. The van der Waals surface area contributed by atoms with Crippen LogP contribution in [0.5, 0.6) is 5.88 Å². The predicted octanol–water partition coefficient (Wildman–Crippen LogP) is 3.47. The third kappa shape index (κ3) is 1.89. The molecule has 72 valence electrons. The van der Waals surface area contributed by atoms with Crippen LogP contribution in [-0.4, -0.2) is 12.1 Å². The Labute approximate surface area is 91.1 Å². The van der Waals surface area contributed by atoms with E-state index in [-0.39, 0.29) is 0 Å². The molecule has 0 fully saturated rings. The molecule has 0 atom stereocenters. The Morgan fingerprint density at radius 2 is 2.00 bits per heavy atom. The summed E-state index contributed by atoms with van der Waals surface area (Å²) in [6, 6.07) is 7.59. The molecule has 0 saturated carbocycles. The van der Waals surface area contributed by atoms with Crippen LogP contribution in [0.1, 0.15) is 0 Å². The van der Waals surface area contributed by atoms with E-state index in [9.17, 15) is 0 Å². The van der Waals surface area contributed by atoms with E-state index < -0.39 is 0 Å². The van der Waals surface area contributed by atoms with Crippen LogP contribution in [0.4, 0.5) is 0 Å². The Morgan fingerprint density at radius 3 is 2.57 bits per heavy atom. The monoisotopic (exact) mass is 225 g/mol. The van der Waals surface area contributed by atoms with E-state index in [4.69, 9.17) is 16.3 Å². The molecule has 0 bridgehead atoms. The predicted molar refractivity (Wildman–Crippen MR) is 59.1 cm³/mol. The normalized spacial score (nSPS) is 10.1. The molecule has 2 nitrogen and oxygen atoms in total. The lowest BCUT2D eigenvalue weighted by atomic mass is 10.2. The number of hydrogen-bond donors (Lipinski definition) is 0. The first-order chi connectivity index (χ1) is 6.79. The summed E-state index contributed by atoms with van der Waals surface area (Å²) in [4.78, 5) is 4.28. The van der Waals surface area contributed by atoms with Gasteiger partial charge in [0.15, 0.2) is 0 Å². The van der Waals surface area contributed by atoms with Gasteiger partial charge in [-0.05, 0) is 12.1 Å². The second-order valence-corrected chi connectivity index (χ2v) is 4.00. The van der Waals surface area contributed by atoms with Crippen molar-refractivity contribution in [3.05, 3.63) is 34.7 Å². The average Bonchev–Trinajstić information content (AvgIpc) is 2.67. The Morgan fingerprint density at radius 1 is 1.29 bits per heavy atom. The molecule has 0 N–H and O–H groups in total. The van der Waals surface area contributed by atoms with Gasteiger partial charge in [-0.3, -0.25) is 0 Å². The lowest BCUT2D eigenvalue weighted by molar-refractivity contribution is 0.401. The molecule has 0 saturated heterocycles. The largest absolute Gasteiger partial charge is 0.480 e. The quantitative estimate of drug-likeness (QED) is 0.781. The van der Waals surface area contributed by atoms with Crippen molar-refractivity contribution in [2.75, 3.05) is 7.11 Å². The van der Waals surface area contributed by atoms with Crippen LogP contribution in [0.2, 0.25) is 5.02 Å². The number of ether oxygens (including phenoxy) is 1. The number of nitrogens with zero attached hydrogens (tertiary/aromatic N) is 1. The van der Waals surface area contributed by atoms with Crippen LogP contribution < -0.4 is 4.74 Å². The van der Waals surface area contributed by atoms with Crippen molar-refractivity contribution in [3.63, 3.8) is 0 Å². The zero-order valence-electron chi connectivity index (χ0n) is 7.53. The summed E-state index contributed by atoms with van der Waals surface area (Å²) in [5.74, 6) is 0.653. The zero-order valence-corrected chi connectivity index (χ0v) is 9.10. The Balaban J connectivity index is 2.34. The van der Waals surface area contributed by atoms with Gasteiger partial charge in [0.05, 0.1) is 12.5 Å². The van der Waals surface area contributed by atoms with Crippen molar-refractivity contribution in [1.29, 1.82) is 0 Å². The number of benzene rings is 1. The molecule has 1 heterocycles. The summed E-state index contributed by atoms with van der Waals surface area (Å²) in [5, 5.41) is 3.56. The standard InChI is InChI=1S/C10H8ClNOS/c1-13-9-6-14-10(12-9)7-2-4-8(11)5-3-7/h2-6H,1H3. The molecule has 0 aliphatic carbocycles. The summed E-state index contributed by atoms with van der Waals surface area (Å²) in [6.45, 7) is 0. The van der Waals surface area contributed by atoms with Gasteiger partial charge in [-0.1, -0.05) is 23.7 Å². The first-order valence-corrected chi connectivity index (χ1v) is 5.31. The molecule has 0 unspecified atom stereocenters. The van der Waals surface area contributed by atoms with Crippen molar-refractivity contribution < 1.29 is 4.74 Å². The molecular formula is C10H8ClNOS. The van der Waals surface area contributed by atoms with Crippen LogP contribution in [0.15, 0.2) is 29.6 Å². The lowest BCUT2D eigenvalue weighted by Crippen LogP contribution is -1.81. The fourth-order valence-electron chi connectivity index (χ4n) is 1.08. The van der Waals surface area contributed by atoms with Crippen LogP contribution >= 0.6 is 22.9 Å². The van der Waals surface area contributed by atoms with Crippen molar-refractivity contribution in [2.45, 2.75) is 0 Å². The summed E-state index contributed by atoms with van der Waals surface area (Å²) < 4.78 is 5.01. The highest BCUT2D eigenvalue weighted by Gasteiger charge is 2.03. The van der Waals surface area contributed by atoms with Crippen LogP contribution in [0.25, 0.3) is 10.6 Å². The van der Waals surface area contributed by atoms with E-state index in [1.807, 2.05) is 29.6 Å². The van der Waals surface area contributed by atoms with Gasteiger partial charge in [-0.2, -0.15) is 0 Å². The molecule has 2 aromatic rings. The minimum absolute atomic E-state index is 0.653. The highest BCUT2D eigenvalue weighted by molar-refractivity contribution is 7.13. The van der Waals surface area contributed by atoms with E-state index >= 15 is 0 Å². The van der Waals surface area contributed by atoms with Crippen LogP contribution in [0.3, 0.4) is 0 Å². The molecule has 0 aliphatic rings. The van der Waals surface area contributed by atoms with E-state index in [2.05, 4.69) is 4.98 Å². The molecule has 2 rings (SSSR count). The summed E-state index contributed by atoms with van der Waals surface area (Å²) in [7, 11) is 1.61. The van der Waals surface area contributed by atoms with Crippen molar-refractivity contribution in [1.82, 2.24) is 4.98 Å². The highest BCUT2D eigenvalue weighted by Crippen LogP contribution is 2.27. The third-order valence-electron chi connectivity index (χ3n) is 1.78. The highest BCUT2D eigenvalue weighted by atomic mass is 35.5. The van der Waals surface area contributed by atoms with Gasteiger partial charge < -0.3 is 4.74 Å². The van der Waals surface area contributed by atoms with E-state index in [0.29, 0.717) is 5.88 Å². The van der Waals surface area contributed by atoms with E-state index in [1.165, 1.54) is 0 Å². The van der Waals surface area contributed by atoms with Crippen molar-refractivity contribution in [3.8, 4) is 16.5 Å². The Hall–Kier alpha value is -1.06. The van der Waals surface area contributed by atoms with Crippen LogP contribution in [0, 0.1) is 0 Å². The van der Waals surface area contributed by atoms with Crippen molar-refractivity contribution in [2.24, 2.45) is 0 Å². The minimum Gasteiger partial charge on any atom is -0.480 e. The van der Waals surface area contributed by atoms with Crippen LogP contribution in [-0.2, 0) is 0 Å². The third-order valence-corrected chi connectivity index (χ3v) is 2.91. The maximum atomic E-state index is 5.79. The fraction of sp³-hybridized carbons (Fsp3) is 0.100. The van der Waals surface area contributed by atoms with Gasteiger partial charge in [0.1, 0.15) is 5.01 Å². The molecule has 14 heavy (non-hydrogen) atoms. The first kappa shape index (κ1) is 9.49. The topological polar surface area (TPSA) is 22.1 Å². The average molecular weight is 226 g/mol. The second kappa shape index (κ2) is 3.98. The number of hydrogen-bond acceptors (Lipinski definition) is 3. The van der Waals surface area contributed by atoms with Gasteiger partial charge in [-0.15, -0.1) is 11.3 Å². The molecule has 1 aromatic heterocycles. The molecule has 0 amide bonds. The van der Waals surface area contributed by atoms with Crippen molar-refractivity contribution >= 4 is 22.9 Å². The zero-order chi connectivity index (χ0) is 9.97. The first-order valence-electron chi connectivity index (χ1n) is 4.05. The lowest BCUT2D eigenvalue weighted by Gasteiger charge is -1.95. The van der Waals surface area contributed by atoms with E-state index in [0.717, 1.165) is 15.6 Å². The minimum atomic E-state index is 0.653. The van der Waals surface area contributed by atoms with Gasteiger partial charge in [0, 0.05) is 10.6 Å². The van der Waals surface area contributed by atoms with Gasteiger partial charge in [0.25, 0.3) is 0 Å². The summed E-state index contributed by atoms with van der Waals surface area (Å²) in [5.41, 5.74) is 1.06. The van der Waals surface area contributed by atoms with Gasteiger partial charge >= 0.3 is 0 Å². The number of aromatic nitrogens is 1. The fourth-order valence-corrected chi connectivity index (χ4v) is 1.98. The molecule has 1 aromatic carbocycles. The van der Waals surface area contributed by atoms with Gasteiger partial charge in [0.2, 0.25) is 5.88 Å². The number of halogens is 1. The number of thiazole rings is 1. The SMILES string of the molecule is COc1csc(-c2ccc(Cl)cc2)n1. The molecule has 0 spiro atoms.